The van der Waals surface area contributed by atoms with Gasteiger partial charge in [-0.2, -0.15) is 0 Å². The molecule has 2 bridgehead atoms. The number of nitrogens with one attached hydrogen (secondary N) is 1. The maximum atomic E-state index is 3.67. The van der Waals surface area contributed by atoms with Crippen LogP contribution in [0.5, 0.6) is 0 Å². The predicted octanol–water partition coefficient (Wildman–Crippen LogP) is 2.55. The average molecular weight is 270 g/mol. The molecule has 4 rings (SSSR count). The van der Waals surface area contributed by atoms with E-state index in [0.29, 0.717) is 5.41 Å². The lowest BCUT2D eigenvalue weighted by Gasteiger charge is -2.51. The Morgan fingerprint density at radius 3 is 2.95 bits per heavy atom. The molecule has 3 fully saturated rings. The topological polar surface area (TPSA) is 15.3 Å². The summed E-state index contributed by atoms with van der Waals surface area (Å²) in [5.41, 5.74) is 2.16. The summed E-state index contributed by atoms with van der Waals surface area (Å²) in [5, 5.41) is 3.67. The fourth-order valence-corrected chi connectivity index (χ4v) is 5.12. The smallest absolute Gasteiger partial charge is 0.00156 e. The van der Waals surface area contributed by atoms with E-state index < -0.39 is 0 Å². The van der Waals surface area contributed by atoms with Crippen LogP contribution in [0.2, 0.25) is 0 Å². The molecule has 0 amide bonds. The summed E-state index contributed by atoms with van der Waals surface area (Å²) < 4.78 is 0. The number of hydrogen-bond acceptors (Lipinski definition) is 2. The molecule has 3 heterocycles. The van der Waals surface area contributed by atoms with Gasteiger partial charge >= 0.3 is 0 Å². The van der Waals surface area contributed by atoms with Gasteiger partial charge < -0.3 is 10.2 Å². The average Bonchev–Trinajstić information content (AvgIpc) is 2.91. The SMILES string of the molecule is c1ccc(CC2CNCCC23CCN2CCC3C2)cc1. The molecule has 1 aromatic rings. The molecule has 4 atom stereocenters. The first-order valence-corrected chi connectivity index (χ1v) is 8.34. The second-order valence-corrected chi connectivity index (χ2v) is 7.11. The molecule has 108 valence electrons. The molecule has 0 aliphatic carbocycles. The summed E-state index contributed by atoms with van der Waals surface area (Å²) in [7, 11) is 0. The van der Waals surface area contributed by atoms with E-state index in [1.54, 1.807) is 0 Å². The molecule has 0 saturated carbocycles. The summed E-state index contributed by atoms with van der Waals surface area (Å²) in [6, 6.07) is 11.1. The van der Waals surface area contributed by atoms with Gasteiger partial charge in [-0.3, -0.25) is 0 Å². The summed E-state index contributed by atoms with van der Waals surface area (Å²) in [6.07, 6.45) is 5.56. The Labute approximate surface area is 122 Å². The number of piperidine rings is 2. The Kier molecular flexibility index (Phi) is 3.31. The monoisotopic (exact) mass is 270 g/mol. The van der Waals surface area contributed by atoms with Gasteiger partial charge in [0.15, 0.2) is 0 Å². The van der Waals surface area contributed by atoms with Crippen molar-refractivity contribution in [3.05, 3.63) is 35.9 Å². The Balaban J connectivity index is 1.59. The van der Waals surface area contributed by atoms with Crippen molar-refractivity contribution in [2.45, 2.75) is 25.7 Å². The Morgan fingerprint density at radius 1 is 1.15 bits per heavy atom. The van der Waals surface area contributed by atoms with Crippen LogP contribution in [-0.4, -0.2) is 37.6 Å². The third-order valence-electron chi connectivity index (χ3n) is 6.27. The largest absolute Gasteiger partial charge is 0.316 e. The van der Waals surface area contributed by atoms with Crippen LogP contribution in [0.1, 0.15) is 24.8 Å². The van der Waals surface area contributed by atoms with Gasteiger partial charge in [0.1, 0.15) is 0 Å². The van der Waals surface area contributed by atoms with E-state index in [0.717, 1.165) is 11.8 Å². The molecule has 3 aliphatic heterocycles. The van der Waals surface area contributed by atoms with Crippen LogP contribution in [0, 0.1) is 17.3 Å². The predicted molar refractivity (Wildman–Crippen MR) is 82.7 cm³/mol. The summed E-state index contributed by atoms with van der Waals surface area (Å²) >= 11 is 0. The van der Waals surface area contributed by atoms with Crippen molar-refractivity contribution in [3.63, 3.8) is 0 Å². The van der Waals surface area contributed by atoms with Crippen LogP contribution in [0.15, 0.2) is 30.3 Å². The molecule has 4 unspecified atom stereocenters. The molecule has 0 radical (unpaired) electrons. The van der Waals surface area contributed by atoms with Crippen LogP contribution in [0.4, 0.5) is 0 Å². The van der Waals surface area contributed by atoms with Gasteiger partial charge in [-0.15, -0.1) is 0 Å². The van der Waals surface area contributed by atoms with E-state index >= 15 is 0 Å². The summed E-state index contributed by atoms with van der Waals surface area (Å²) in [5.74, 6) is 1.80. The van der Waals surface area contributed by atoms with Crippen molar-refractivity contribution in [2.75, 3.05) is 32.7 Å². The van der Waals surface area contributed by atoms with Gasteiger partial charge in [0.2, 0.25) is 0 Å². The molecule has 0 aromatic heterocycles. The lowest BCUT2D eigenvalue weighted by Crippen LogP contribution is -2.53. The molecule has 3 aliphatic rings. The van der Waals surface area contributed by atoms with Crippen LogP contribution in [0.25, 0.3) is 0 Å². The molecular formula is C18H26N2. The van der Waals surface area contributed by atoms with Gasteiger partial charge in [-0.25, -0.2) is 0 Å². The van der Waals surface area contributed by atoms with Gasteiger partial charge in [-0.1, -0.05) is 30.3 Å². The zero-order chi connectivity index (χ0) is 13.4. The van der Waals surface area contributed by atoms with E-state index in [2.05, 4.69) is 40.5 Å². The number of rotatable bonds is 2. The Hall–Kier alpha value is -0.860. The van der Waals surface area contributed by atoms with Crippen LogP contribution < -0.4 is 5.32 Å². The molecule has 1 N–H and O–H groups in total. The van der Waals surface area contributed by atoms with E-state index in [1.165, 1.54) is 64.0 Å². The fraction of sp³-hybridized carbons (Fsp3) is 0.667. The zero-order valence-corrected chi connectivity index (χ0v) is 12.4. The van der Waals surface area contributed by atoms with E-state index in [4.69, 9.17) is 0 Å². The zero-order valence-electron chi connectivity index (χ0n) is 12.4. The fourth-order valence-electron chi connectivity index (χ4n) is 5.12. The minimum Gasteiger partial charge on any atom is -0.316 e. The molecule has 20 heavy (non-hydrogen) atoms. The number of nitrogens with zero attached hydrogens (tertiary/aromatic N) is 1. The third-order valence-corrected chi connectivity index (χ3v) is 6.27. The Morgan fingerprint density at radius 2 is 2.05 bits per heavy atom. The molecule has 2 heteroatoms. The molecule has 1 spiro atoms. The highest BCUT2D eigenvalue weighted by atomic mass is 15.2. The highest BCUT2D eigenvalue weighted by Crippen LogP contribution is 2.51. The molecule has 1 aromatic carbocycles. The summed E-state index contributed by atoms with van der Waals surface area (Å²) in [6.45, 7) is 6.55. The first kappa shape index (κ1) is 12.8. The second kappa shape index (κ2) is 5.16. The van der Waals surface area contributed by atoms with Crippen molar-refractivity contribution >= 4 is 0 Å². The van der Waals surface area contributed by atoms with Crippen molar-refractivity contribution in [1.29, 1.82) is 0 Å². The highest BCUT2D eigenvalue weighted by molar-refractivity contribution is 5.17. The number of benzene rings is 1. The van der Waals surface area contributed by atoms with Crippen LogP contribution >= 0.6 is 0 Å². The molecule has 2 nitrogen and oxygen atoms in total. The third kappa shape index (κ3) is 2.10. The Bertz CT molecular complexity index is 458. The first-order valence-electron chi connectivity index (χ1n) is 8.34. The maximum absolute atomic E-state index is 3.67. The number of fused-ring (bicyclic) bond motifs is 3. The number of hydrogen-bond donors (Lipinski definition) is 1. The highest BCUT2D eigenvalue weighted by Gasteiger charge is 2.50. The van der Waals surface area contributed by atoms with Crippen LogP contribution in [-0.2, 0) is 6.42 Å². The van der Waals surface area contributed by atoms with Crippen molar-refractivity contribution < 1.29 is 0 Å². The van der Waals surface area contributed by atoms with Crippen molar-refractivity contribution in [1.82, 2.24) is 10.2 Å². The van der Waals surface area contributed by atoms with E-state index in [1.807, 2.05) is 0 Å². The molecule has 3 saturated heterocycles. The van der Waals surface area contributed by atoms with Gasteiger partial charge in [0.25, 0.3) is 0 Å². The quantitative estimate of drug-likeness (QED) is 0.888. The van der Waals surface area contributed by atoms with Crippen LogP contribution in [0.3, 0.4) is 0 Å². The summed E-state index contributed by atoms with van der Waals surface area (Å²) in [4.78, 5) is 2.69. The maximum Gasteiger partial charge on any atom is 0.00156 e. The first-order chi connectivity index (χ1) is 9.87. The standard InChI is InChI=1S/C18H26N2/c1-2-4-15(5-3-1)12-17-13-19-9-7-18(17)8-11-20-10-6-16(18)14-20/h1-5,16-17,19H,6-14H2. The van der Waals surface area contributed by atoms with E-state index in [-0.39, 0.29) is 0 Å². The van der Waals surface area contributed by atoms with Gasteiger partial charge in [-0.05, 0) is 74.7 Å². The van der Waals surface area contributed by atoms with Gasteiger partial charge in [0.05, 0.1) is 0 Å². The second-order valence-electron chi connectivity index (χ2n) is 7.11. The van der Waals surface area contributed by atoms with Crippen molar-refractivity contribution in [2.24, 2.45) is 17.3 Å². The lowest BCUT2D eigenvalue weighted by atomic mass is 9.58. The normalized spacial score (nSPS) is 40.1. The molecular weight excluding hydrogens is 244 g/mol. The van der Waals surface area contributed by atoms with Gasteiger partial charge in [0, 0.05) is 6.54 Å². The lowest BCUT2D eigenvalue weighted by molar-refractivity contribution is -0.000802. The van der Waals surface area contributed by atoms with E-state index in [9.17, 15) is 0 Å². The van der Waals surface area contributed by atoms with Crippen molar-refractivity contribution in [3.8, 4) is 0 Å². The minimum atomic E-state index is 0.633. The minimum absolute atomic E-state index is 0.633.